The molecule has 0 amide bonds. The first kappa shape index (κ1) is 9.52. The Bertz CT molecular complexity index is 451. The summed E-state index contributed by atoms with van der Waals surface area (Å²) < 4.78 is 5.04. The number of phenols is 1. The van der Waals surface area contributed by atoms with Crippen molar-refractivity contribution in [2.45, 2.75) is 0 Å². The molecule has 76 valence electrons. The van der Waals surface area contributed by atoms with Crippen LogP contribution in [0.4, 0.5) is 0 Å². The molecule has 3 nitrogen and oxygen atoms in total. The van der Waals surface area contributed by atoms with E-state index in [1.165, 1.54) is 0 Å². The van der Waals surface area contributed by atoms with Crippen molar-refractivity contribution in [3.63, 3.8) is 0 Å². The van der Waals surface area contributed by atoms with Gasteiger partial charge in [-0.3, -0.25) is 0 Å². The molecule has 0 radical (unpaired) electrons. The number of nitrogens with zero attached hydrogens (tertiary/aromatic N) is 1. The molecule has 0 saturated heterocycles. The minimum absolute atomic E-state index is 0.264. The zero-order valence-electron chi connectivity index (χ0n) is 8.34. The van der Waals surface area contributed by atoms with Crippen LogP contribution >= 0.6 is 0 Å². The van der Waals surface area contributed by atoms with E-state index < -0.39 is 0 Å². The van der Waals surface area contributed by atoms with Gasteiger partial charge in [0.1, 0.15) is 5.75 Å². The van der Waals surface area contributed by atoms with Crippen LogP contribution in [0.5, 0.6) is 11.6 Å². The average Bonchev–Trinajstić information content (AvgIpc) is 2.30. The summed E-state index contributed by atoms with van der Waals surface area (Å²) in [7, 11) is 1.59. The number of phenolic OH excluding ortho intramolecular Hbond substituents is 1. The number of hydrogen-bond acceptors (Lipinski definition) is 3. The van der Waals surface area contributed by atoms with Gasteiger partial charge in [-0.05, 0) is 29.3 Å². The van der Waals surface area contributed by atoms with Crippen LogP contribution in [0.2, 0.25) is 0 Å². The summed E-state index contributed by atoms with van der Waals surface area (Å²) in [5, 5.41) is 9.17. The van der Waals surface area contributed by atoms with E-state index in [0.717, 1.165) is 11.1 Å². The highest BCUT2D eigenvalue weighted by Crippen LogP contribution is 2.23. The fourth-order valence-corrected chi connectivity index (χ4v) is 1.35. The SMILES string of the molecule is COc1cc(-c2ccc(O)cc2)ccn1. The first-order chi connectivity index (χ1) is 7.29. The molecular weight excluding hydrogens is 190 g/mol. The summed E-state index contributed by atoms with van der Waals surface area (Å²) in [5.74, 6) is 0.848. The van der Waals surface area contributed by atoms with Gasteiger partial charge in [-0.25, -0.2) is 4.98 Å². The van der Waals surface area contributed by atoms with E-state index in [2.05, 4.69) is 4.98 Å². The number of aromatic nitrogens is 1. The Labute approximate surface area is 88.0 Å². The molecule has 1 aromatic heterocycles. The maximum atomic E-state index is 9.17. The summed E-state index contributed by atoms with van der Waals surface area (Å²) in [6.45, 7) is 0. The van der Waals surface area contributed by atoms with Crippen molar-refractivity contribution in [1.29, 1.82) is 0 Å². The maximum Gasteiger partial charge on any atom is 0.213 e. The third-order valence-electron chi connectivity index (χ3n) is 2.14. The lowest BCUT2D eigenvalue weighted by Crippen LogP contribution is -1.87. The number of rotatable bonds is 2. The van der Waals surface area contributed by atoms with Gasteiger partial charge >= 0.3 is 0 Å². The number of ether oxygens (including phenoxy) is 1. The molecular formula is C12H11NO2. The third-order valence-corrected chi connectivity index (χ3v) is 2.14. The Morgan fingerprint density at radius 3 is 2.47 bits per heavy atom. The molecule has 1 aromatic carbocycles. The third kappa shape index (κ3) is 2.07. The van der Waals surface area contributed by atoms with Crippen LogP contribution < -0.4 is 4.74 Å². The Hall–Kier alpha value is -2.03. The molecule has 0 bridgehead atoms. The highest BCUT2D eigenvalue weighted by molar-refractivity contribution is 5.64. The van der Waals surface area contributed by atoms with Gasteiger partial charge in [0.05, 0.1) is 7.11 Å². The smallest absolute Gasteiger partial charge is 0.213 e. The van der Waals surface area contributed by atoms with Gasteiger partial charge in [0.25, 0.3) is 0 Å². The molecule has 0 saturated carbocycles. The maximum absolute atomic E-state index is 9.17. The van der Waals surface area contributed by atoms with Gasteiger partial charge < -0.3 is 9.84 Å². The van der Waals surface area contributed by atoms with Crippen LogP contribution in [-0.2, 0) is 0 Å². The number of methoxy groups -OCH3 is 1. The van der Waals surface area contributed by atoms with Crippen molar-refractivity contribution in [2.24, 2.45) is 0 Å². The Morgan fingerprint density at radius 1 is 1.07 bits per heavy atom. The second-order valence-corrected chi connectivity index (χ2v) is 3.13. The molecule has 0 unspecified atom stereocenters. The molecule has 0 aliphatic carbocycles. The first-order valence-corrected chi connectivity index (χ1v) is 4.59. The largest absolute Gasteiger partial charge is 0.508 e. The van der Waals surface area contributed by atoms with Gasteiger partial charge in [0.15, 0.2) is 0 Å². The molecule has 0 aliphatic heterocycles. The summed E-state index contributed by atoms with van der Waals surface area (Å²) >= 11 is 0. The molecule has 3 heteroatoms. The standard InChI is InChI=1S/C12H11NO2/c1-15-12-8-10(6-7-13-12)9-2-4-11(14)5-3-9/h2-8,14H,1H3. The Balaban J connectivity index is 2.40. The zero-order chi connectivity index (χ0) is 10.7. The topological polar surface area (TPSA) is 42.4 Å². The molecule has 0 spiro atoms. The normalized spacial score (nSPS) is 9.93. The monoisotopic (exact) mass is 201 g/mol. The molecule has 1 N–H and O–H groups in total. The summed E-state index contributed by atoms with van der Waals surface area (Å²) in [4.78, 5) is 4.03. The summed E-state index contributed by atoms with van der Waals surface area (Å²) in [5.41, 5.74) is 2.04. The highest BCUT2D eigenvalue weighted by atomic mass is 16.5. The van der Waals surface area contributed by atoms with Gasteiger partial charge in [-0.2, -0.15) is 0 Å². The number of aromatic hydroxyl groups is 1. The number of pyridine rings is 1. The fourth-order valence-electron chi connectivity index (χ4n) is 1.35. The van der Waals surface area contributed by atoms with Crippen LogP contribution in [-0.4, -0.2) is 17.2 Å². The van der Waals surface area contributed by atoms with Gasteiger partial charge in [-0.1, -0.05) is 12.1 Å². The van der Waals surface area contributed by atoms with Crippen molar-refractivity contribution in [2.75, 3.05) is 7.11 Å². The summed E-state index contributed by atoms with van der Waals surface area (Å²) in [6, 6.07) is 10.8. The van der Waals surface area contributed by atoms with Crippen molar-refractivity contribution < 1.29 is 9.84 Å². The fraction of sp³-hybridized carbons (Fsp3) is 0.0833. The van der Waals surface area contributed by atoms with E-state index in [1.807, 2.05) is 24.3 Å². The minimum atomic E-state index is 0.264. The van der Waals surface area contributed by atoms with E-state index in [-0.39, 0.29) is 5.75 Å². The van der Waals surface area contributed by atoms with E-state index in [4.69, 9.17) is 9.84 Å². The minimum Gasteiger partial charge on any atom is -0.508 e. The molecule has 2 aromatic rings. The van der Waals surface area contributed by atoms with Crippen molar-refractivity contribution >= 4 is 0 Å². The van der Waals surface area contributed by atoms with Gasteiger partial charge in [0, 0.05) is 12.3 Å². The number of benzene rings is 1. The van der Waals surface area contributed by atoms with Crippen LogP contribution in [0.25, 0.3) is 11.1 Å². The lowest BCUT2D eigenvalue weighted by Gasteiger charge is -2.03. The quantitative estimate of drug-likeness (QED) is 0.811. The molecule has 1 heterocycles. The average molecular weight is 201 g/mol. The zero-order valence-corrected chi connectivity index (χ0v) is 8.34. The lowest BCUT2D eigenvalue weighted by molar-refractivity contribution is 0.398. The molecule has 15 heavy (non-hydrogen) atoms. The van der Waals surface area contributed by atoms with Crippen LogP contribution in [0.3, 0.4) is 0 Å². The van der Waals surface area contributed by atoms with Crippen molar-refractivity contribution in [3.05, 3.63) is 42.6 Å². The highest BCUT2D eigenvalue weighted by Gasteiger charge is 1.99. The molecule has 2 rings (SSSR count). The van der Waals surface area contributed by atoms with Crippen molar-refractivity contribution in [3.8, 4) is 22.8 Å². The second kappa shape index (κ2) is 4.00. The summed E-state index contributed by atoms with van der Waals surface area (Å²) in [6.07, 6.45) is 1.70. The van der Waals surface area contributed by atoms with Crippen molar-refractivity contribution in [1.82, 2.24) is 4.98 Å². The molecule has 0 fully saturated rings. The first-order valence-electron chi connectivity index (χ1n) is 4.59. The van der Waals surface area contributed by atoms with E-state index in [1.54, 1.807) is 25.4 Å². The Kier molecular flexibility index (Phi) is 2.54. The van der Waals surface area contributed by atoms with Crippen LogP contribution in [0, 0.1) is 0 Å². The van der Waals surface area contributed by atoms with E-state index >= 15 is 0 Å². The van der Waals surface area contributed by atoms with Gasteiger partial charge in [0.2, 0.25) is 5.88 Å². The lowest BCUT2D eigenvalue weighted by atomic mass is 10.1. The van der Waals surface area contributed by atoms with Crippen LogP contribution in [0.15, 0.2) is 42.6 Å². The predicted octanol–water partition coefficient (Wildman–Crippen LogP) is 2.46. The Morgan fingerprint density at radius 2 is 1.80 bits per heavy atom. The predicted molar refractivity (Wildman–Crippen MR) is 57.9 cm³/mol. The van der Waals surface area contributed by atoms with Crippen LogP contribution in [0.1, 0.15) is 0 Å². The number of hydrogen-bond donors (Lipinski definition) is 1. The van der Waals surface area contributed by atoms with E-state index in [9.17, 15) is 0 Å². The molecule has 0 aliphatic rings. The molecule has 0 atom stereocenters. The van der Waals surface area contributed by atoms with Gasteiger partial charge in [-0.15, -0.1) is 0 Å². The second-order valence-electron chi connectivity index (χ2n) is 3.13. The van der Waals surface area contributed by atoms with E-state index in [0.29, 0.717) is 5.88 Å².